The van der Waals surface area contributed by atoms with Crippen molar-refractivity contribution in [1.29, 1.82) is 0 Å². The Morgan fingerprint density at radius 3 is 2.38 bits per heavy atom. The van der Waals surface area contributed by atoms with Gasteiger partial charge in [-0.1, -0.05) is 29.5 Å². The smallest absolute Gasteiger partial charge is 0.334 e. The third kappa shape index (κ3) is 5.08. The number of benzene rings is 2. The first-order chi connectivity index (χ1) is 15.5. The van der Waals surface area contributed by atoms with Crippen molar-refractivity contribution in [2.24, 2.45) is 21.2 Å². The highest BCUT2D eigenvalue weighted by molar-refractivity contribution is 6.04. The summed E-state index contributed by atoms with van der Waals surface area (Å²) in [5.74, 6) is 5.14. The Balaban J connectivity index is 1.96. The summed E-state index contributed by atoms with van der Waals surface area (Å²) in [4.78, 5) is 31.2. The molecule has 0 spiro atoms. The van der Waals surface area contributed by atoms with Crippen molar-refractivity contribution in [1.82, 2.24) is 4.90 Å². The molecule has 0 saturated carbocycles. The minimum absolute atomic E-state index is 0.0153. The molecule has 0 atom stereocenters. The van der Waals surface area contributed by atoms with Crippen LogP contribution in [0.3, 0.4) is 0 Å². The number of amidine groups is 1. The van der Waals surface area contributed by atoms with Crippen molar-refractivity contribution in [3.63, 3.8) is 0 Å². The summed E-state index contributed by atoms with van der Waals surface area (Å²) < 4.78 is 5.14. The molecule has 0 saturated heterocycles. The van der Waals surface area contributed by atoms with E-state index in [9.17, 15) is 9.59 Å². The zero-order valence-corrected chi connectivity index (χ0v) is 18.5. The Labute approximate surface area is 187 Å². The van der Waals surface area contributed by atoms with Crippen LogP contribution in [0.5, 0.6) is 0 Å². The van der Waals surface area contributed by atoms with Gasteiger partial charge in [-0.2, -0.15) is 0 Å². The average Bonchev–Trinajstić information content (AvgIpc) is 2.99. The lowest BCUT2D eigenvalue weighted by atomic mass is 10.00. The minimum atomic E-state index is -0.419. The van der Waals surface area contributed by atoms with Crippen LogP contribution in [-0.4, -0.2) is 42.3 Å². The Bertz CT molecular complexity index is 1080. The number of nitrogens with zero attached hydrogens (tertiary/aromatic N) is 4. The number of rotatable bonds is 6. The van der Waals surface area contributed by atoms with E-state index < -0.39 is 5.97 Å². The molecule has 1 heterocycles. The number of nitrogens with two attached hydrogens (primary N) is 1. The maximum atomic E-state index is 12.5. The van der Waals surface area contributed by atoms with Gasteiger partial charge in [0.25, 0.3) is 5.91 Å². The lowest BCUT2D eigenvalue weighted by Gasteiger charge is -2.18. The number of amides is 1. The fraction of sp³-hybridized carbons (Fsp3) is 0.292. The molecule has 3 rings (SSSR count). The molecule has 2 aromatic carbocycles. The van der Waals surface area contributed by atoms with Gasteiger partial charge in [0, 0.05) is 36.2 Å². The van der Waals surface area contributed by atoms with Gasteiger partial charge in [0.2, 0.25) is 0 Å². The number of carbonyl (C=O) groups excluding carboxylic acids is 2. The average molecular weight is 434 g/mol. The molecule has 0 radical (unpaired) electrons. The lowest BCUT2D eigenvalue weighted by molar-refractivity contribution is -0.138. The predicted molar refractivity (Wildman–Crippen MR) is 124 cm³/mol. The third-order valence-electron chi connectivity index (χ3n) is 5.18. The van der Waals surface area contributed by atoms with Crippen molar-refractivity contribution in [2.75, 3.05) is 19.7 Å². The Kier molecular flexibility index (Phi) is 7.49. The second-order valence-corrected chi connectivity index (χ2v) is 7.14. The minimum Gasteiger partial charge on any atom is -0.463 e. The molecule has 0 unspecified atom stereocenters. The molecule has 1 aliphatic heterocycles. The molecule has 2 N–H and O–H groups in total. The van der Waals surface area contributed by atoms with E-state index in [1.54, 1.807) is 17.9 Å². The fourth-order valence-electron chi connectivity index (χ4n) is 3.51. The van der Waals surface area contributed by atoms with Crippen LogP contribution in [0.2, 0.25) is 0 Å². The van der Waals surface area contributed by atoms with Gasteiger partial charge in [0.15, 0.2) is 5.84 Å². The van der Waals surface area contributed by atoms with Gasteiger partial charge in [0.05, 0.1) is 12.3 Å². The fourth-order valence-corrected chi connectivity index (χ4v) is 3.51. The molecular weight excluding hydrogens is 406 g/mol. The van der Waals surface area contributed by atoms with E-state index in [-0.39, 0.29) is 18.9 Å². The summed E-state index contributed by atoms with van der Waals surface area (Å²) in [5, 5.41) is 7.19. The van der Waals surface area contributed by atoms with E-state index in [0.717, 1.165) is 16.7 Å². The molecule has 1 amide bonds. The molecule has 0 aromatic heterocycles. The van der Waals surface area contributed by atoms with Crippen LogP contribution in [0.25, 0.3) is 17.2 Å². The van der Waals surface area contributed by atoms with Gasteiger partial charge >= 0.3 is 5.97 Å². The van der Waals surface area contributed by atoms with Crippen molar-refractivity contribution >= 4 is 29.5 Å². The van der Waals surface area contributed by atoms with Gasteiger partial charge in [-0.3, -0.25) is 4.79 Å². The second-order valence-electron chi connectivity index (χ2n) is 7.14. The molecule has 166 valence electrons. The summed E-state index contributed by atoms with van der Waals surface area (Å²) in [6.07, 6.45) is 1.93. The molecular formula is C24H27N5O3. The zero-order valence-electron chi connectivity index (χ0n) is 18.5. The highest BCUT2D eigenvalue weighted by Gasteiger charge is 2.19. The summed E-state index contributed by atoms with van der Waals surface area (Å²) >= 11 is 0. The molecule has 1 aliphatic rings. The van der Waals surface area contributed by atoms with E-state index >= 15 is 0 Å². The quantitative estimate of drug-likeness (QED) is 0.312. The number of hydrogen-bond donors (Lipinski definition) is 1. The van der Waals surface area contributed by atoms with Crippen molar-refractivity contribution < 1.29 is 14.3 Å². The van der Waals surface area contributed by atoms with Crippen LogP contribution in [0.1, 0.15) is 43.1 Å². The number of esters is 1. The summed E-state index contributed by atoms with van der Waals surface area (Å²) in [6, 6.07) is 13.2. The second kappa shape index (κ2) is 10.5. The topological polar surface area (TPSA) is 110 Å². The molecule has 8 nitrogen and oxygen atoms in total. The SMILES string of the molecule is CCOC(=O)C1=Cc2ccc(-c3ccc(C(=O)N(CC)CC)cc3)cc2N=C(N=NN)C1. The van der Waals surface area contributed by atoms with E-state index in [1.807, 2.05) is 56.3 Å². The van der Waals surface area contributed by atoms with Crippen molar-refractivity contribution in [3.05, 3.63) is 59.2 Å². The van der Waals surface area contributed by atoms with E-state index in [2.05, 4.69) is 15.3 Å². The first-order valence-electron chi connectivity index (χ1n) is 10.6. The van der Waals surface area contributed by atoms with E-state index in [0.29, 0.717) is 35.7 Å². The maximum Gasteiger partial charge on any atom is 0.334 e. The number of hydrogen-bond acceptors (Lipinski definition) is 6. The predicted octanol–water partition coefficient (Wildman–Crippen LogP) is 4.54. The third-order valence-corrected chi connectivity index (χ3v) is 5.18. The van der Waals surface area contributed by atoms with Crippen LogP contribution in [0.4, 0.5) is 5.69 Å². The maximum absolute atomic E-state index is 12.5. The molecule has 2 aromatic rings. The van der Waals surface area contributed by atoms with Crippen molar-refractivity contribution in [2.45, 2.75) is 27.2 Å². The van der Waals surface area contributed by atoms with Gasteiger partial charge in [-0.05, 0) is 56.2 Å². The molecule has 8 heteroatoms. The van der Waals surface area contributed by atoms with Crippen molar-refractivity contribution in [3.8, 4) is 11.1 Å². The normalized spacial score (nSPS) is 13.1. The largest absolute Gasteiger partial charge is 0.463 e. The Hall–Kier alpha value is -3.81. The number of fused-ring (bicyclic) bond motifs is 1. The molecule has 0 bridgehead atoms. The highest BCUT2D eigenvalue weighted by atomic mass is 16.5. The van der Waals surface area contributed by atoms with Gasteiger partial charge in [0.1, 0.15) is 0 Å². The summed E-state index contributed by atoms with van der Waals surface area (Å²) in [6.45, 7) is 7.30. The number of carbonyl (C=O) groups is 2. The zero-order chi connectivity index (χ0) is 23.1. The van der Waals surface area contributed by atoms with Gasteiger partial charge < -0.3 is 15.5 Å². The molecule has 32 heavy (non-hydrogen) atoms. The van der Waals surface area contributed by atoms with Gasteiger partial charge in [-0.15, -0.1) is 5.11 Å². The van der Waals surface area contributed by atoms with Crippen LogP contribution in [0.15, 0.2) is 63.4 Å². The summed E-state index contributed by atoms with van der Waals surface area (Å²) in [5.41, 5.74) is 4.37. The number of ether oxygens (including phenoxy) is 1. The van der Waals surface area contributed by atoms with Crippen LogP contribution in [-0.2, 0) is 9.53 Å². The monoisotopic (exact) mass is 433 g/mol. The first kappa shape index (κ1) is 22.9. The lowest BCUT2D eigenvalue weighted by Crippen LogP contribution is -2.30. The molecule has 0 aliphatic carbocycles. The van der Waals surface area contributed by atoms with Gasteiger partial charge in [-0.25, -0.2) is 9.79 Å². The number of aliphatic imine (C=N–C) groups is 1. The highest BCUT2D eigenvalue weighted by Crippen LogP contribution is 2.32. The standard InChI is InChI=1S/C24H27N5O3/c1-4-29(5-2)23(30)17-9-7-16(8-10-17)18-11-12-19-13-20(24(31)32-6-3)15-22(27-28-25)26-21(19)14-18/h7-14H,4-6,15H2,1-3H3,(H2,25,26,27). The van der Waals surface area contributed by atoms with E-state index in [1.165, 1.54) is 0 Å². The Morgan fingerprint density at radius 2 is 1.75 bits per heavy atom. The Morgan fingerprint density at radius 1 is 1.06 bits per heavy atom. The van der Waals surface area contributed by atoms with Crippen LogP contribution >= 0.6 is 0 Å². The molecule has 0 fully saturated rings. The van der Waals surface area contributed by atoms with Crippen LogP contribution < -0.4 is 5.84 Å². The van der Waals surface area contributed by atoms with Crippen LogP contribution in [0, 0.1) is 0 Å². The first-order valence-corrected chi connectivity index (χ1v) is 10.6. The van der Waals surface area contributed by atoms with E-state index in [4.69, 9.17) is 10.6 Å². The summed E-state index contributed by atoms with van der Waals surface area (Å²) in [7, 11) is 0.